The van der Waals surface area contributed by atoms with Gasteiger partial charge in [-0.05, 0) is 49.8 Å². The van der Waals surface area contributed by atoms with Crippen LogP contribution in [0.25, 0.3) is 0 Å². The van der Waals surface area contributed by atoms with E-state index in [1.54, 1.807) is 6.08 Å². The molecule has 5 heteroatoms. The lowest BCUT2D eigenvalue weighted by Gasteiger charge is -2.16. The van der Waals surface area contributed by atoms with Crippen LogP contribution in [0.5, 0.6) is 0 Å². The zero-order valence-corrected chi connectivity index (χ0v) is 15.5. The van der Waals surface area contributed by atoms with Crippen molar-refractivity contribution < 1.29 is 19.1 Å². The molecule has 0 aliphatic carbocycles. The standard InChI is InChI=1S/C21H23NO4/c1-5-6-15-14(3)18-12-26-21(24)20(18)17(11-22)16(15)9-7-13(2)8-10-19(23)25-4/h5,7H,1,6,8-10,12H2,2-4H3. The van der Waals surface area contributed by atoms with Gasteiger partial charge in [-0.1, -0.05) is 17.7 Å². The fraction of sp³-hybridized carbons (Fsp3) is 0.381. The van der Waals surface area contributed by atoms with E-state index in [1.165, 1.54) is 7.11 Å². The van der Waals surface area contributed by atoms with Gasteiger partial charge in [-0.25, -0.2) is 4.79 Å². The number of hydrogen-bond donors (Lipinski definition) is 0. The van der Waals surface area contributed by atoms with Gasteiger partial charge in [-0.15, -0.1) is 6.58 Å². The molecule has 0 radical (unpaired) electrons. The lowest BCUT2D eigenvalue weighted by Crippen LogP contribution is -2.08. The molecule has 5 nitrogen and oxygen atoms in total. The molecule has 1 aliphatic rings. The van der Waals surface area contributed by atoms with Gasteiger partial charge in [0, 0.05) is 12.0 Å². The minimum absolute atomic E-state index is 0.215. The smallest absolute Gasteiger partial charge is 0.340 e. The summed E-state index contributed by atoms with van der Waals surface area (Å²) in [7, 11) is 1.37. The van der Waals surface area contributed by atoms with Crippen molar-refractivity contribution in [3.05, 3.63) is 57.7 Å². The van der Waals surface area contributed by atoms with Crippen molar-refractivity contribution in [3.63, 3.8) is 0 Å². The maximum Gasteiger partial charge on any atom is 0.340 e. The SMILES string of the molecule is C=CCc1c(C)c2c(c(C#N)c1CC=C(C)CCC(=O)OC)C(=O)OC2. The molecular formula is C21H23NO4. The molecule has 1 aliphatic heterocycles. The fourth-order valence-electron chi connectivity index (χ4n) is 3.21. The molecule has 1 aromatic rings. The van der Waals surface area contributed by atoms with Crippen LogP contribution in [-0.2, 0) is 33.7 Å². The first-order valence-electron chi connectivity index (χ1n) is 8.52. The summed E-state index contributed by atoms with van der Waals surface area (Å²) in [4.78, 5) is 23.4. The number of hydrogen-bond acceptors (Lipinski definition) is 5. The van der Waals surface area contributed by atoms with Crippen molar-refractivity contribution in [2.45, 2.75) is 46.1 Å². The average Bonchev–Trinajstić information content (AvgIpc) is 3.02. The van der Waals surface area contributed by atoms with Gasteiger partial charge < -0.3 is 9.47 Å². The number of allylic oxidation sites excluding steroid dienone is 3. The second-order valence-corrected chi connectivity index (χ2v) is 6.32. The lowest BCUT2D eigenvalue weighted by atomic mass is 9.85. The highest BCUT2D eigenvalue weighted by Gasteiger charge is 2.30. The highest BCUT2D eigenvalue weighted by atomic mass is 16.5. The van der Waals surface area contributed by atoms with Crippen LogP contribution in [0.4, 0.5) is 0 Å². The molecule has 0 spiro atoms. The van der Waals surface area contributed by atoms with Crippen LogP contribution in [0, 0.1) is 18.3 Å². The summed E-state index contributed by atoms with van der Waals surface area (Å²) < 4.78 is 9.81. The number of methoxy groups -OCH3 is 1. The number of rotatable bonds is 7. The Bertz CT molecular complexity index is 828. The normalized spacial score (nSPS) is 13.0. The summed E-state index contributed by atoms with van der Waals surface area (Å²) in [6.07, 6.45) is 5.84. The third-order valence-corrected chi connectivity index (χ3v) is 4.74. The Morgan fingerprint density at radius 3 is 2.69 bits per heavy atom. The minimum Gasteiger partial charge on any atom is -0.469 e. The van der Waals surface area contributed by atoms with Crippen LogP contribution in [0.15, 0.2) is 24.3 Å². The van der Waals surface area contributed by atoms with Crippen LogP contribution in [0.2, 0.25) is 0 Å². The van der Waals surface area contributed by atoms with E-state index >= 15 is 0 Å². The van der Waals surface area contributed by atoms with Crippen LogP contribution < -0.4 is 0 Å². The molecule has 0 amide bonds. The molecule has 0 atom stereocenters. The van der Waals surface area contributed by atoms with Crippen LogP contribution in [0.1, 0.15) is 57.9 Å². The minimum atomic E-state index is -0.433. The molecule has 1 aromatic carbocycles. The Morgan fingerprint density at radius 2 is 2.08 bits per heavy atom. The first-order chi connectivity index (χ1) is 12.4. The monoisotopic (exact) mass is 353 g/mol. The Kier molecular flexibility index (Phi) is 6.35. The Morgan fingerprint density at radius 1 is 1.35 bits per heavy atom. The van der Waals surface area contributed by atoms with E-state index < -0.39 is 5.97 Å². The van der Waals surface area contributed by atoms with Crippen molar-refractivity contribution >= 4 is 11.9 Å². The first kappa shape index (κ1) is 19.5. The van der Waals surface area contributed by atoms with Crippen LogP contribution in [-0.4, -0.2) is 19.0 Å². The Hall–Kier alpha value is -2.87. The second-order valence-electron chi connectivity index (χ2n) is 6.32. The molecule has 0 saturated heterocycles. The topological polar surface area (TPSA) is 76.4 Å². The number of carbonyl (C=O) groups excluding carboxylic acids is 2. The maximum atomic E-state index is 12.1. The van der Waals surface area contributed by atoms with Crippen molar-refractivity contribution in [2.75, 3.05) is 7.11 Å². The van der Waals surface area contributed by atoms with Gasteiger partial charge in [-0.2, -0.15) is 5.26 Å². The second kappa shape index (κ2) is 8.48. The summed E-state index contributed by atoms with van der Waals surface area (Å²) >= 11 is 0. The van der Waals surface area contributed by atoms with E-state index in [4.69, 9.17) is 4.74 Å². The number of fused-ring (bicyclic) bond motifs is 1. The molecule has 0 aromatic heterocycles. The van der Waals surface area contributed by atoms with E-state index in [0.717, 1.165) is 27.8 Å². The molecule has 0 unspecified atom stereocenters. The Balaban J connectivity index is 2.44. The number of cyclic esters (lactones) is 1. The molecule has 2 rings (SSSR count). The zero-order chi connectivity index (χ0) is 19.3. The summed E-state index contributed by atoms with van der Waals surface area (Å²) in [5, 5.41) is 9.69. The Labute approximate surface area is 153 Å². The van der Waals surface area contributed by atoms with Gasteiger partial charge in [0.05, 0.1) is 18.2 Å². The molecule has 0 fully saturated rings. The number of nitriles is 1. The summed E-state index contributed by atoms with van der Waals surface area (Å²) in [6, 6.07) is 2.20. The lowest BCUT2D eigenvalue weighted by molar-refractivity contribution is -0.140. The average molecular weight is 353 g/mol. The van der Waals surface area contributed by atoms with Crippen molar-refractivity contribution in [3.8, 4) is 6.07 Å². The summed E-state index contributed by atoms with van der Waals surface area (Å²) in [5.74, 6) is -0.684. The molecule has 0 bridgehead atoms. The van der Waals surface area contributed by atoms with Crippen LogP contribution >= 0.6 is 0 Å². The predicted molar refractivity (Wildman–Crippen MR) is 97.6 cm³/mol. The van der Waals surface area contributed by atoms with Crippen LogP contribution in [0.3, 0.4) is 0 Å². The van der Waals surface area contributed by atoms with Gasteiger partial charge in [0.2, 0.25) is 0 Å². The molecule has 0 N–H and O–H groups in total. The molecule has 26 heavy (non-hydrogen) atoms. The predicted octanol–water partition coefficient (Wildman–Crippen LogP) is 3.71. The number of carbonyl (C=O) groups is 2. The van der Waals surface area contributed by atoms with Gasteiger partial charge in [0.25, 0.3) is 0 Å². The summed E-state index contributed by atoms with van der Waals surface area (Å²) in [5.41, 5.74) is 5.46. The van der Waals surface area contributed by atoms with Gasteiger partial charge in [0.1, 0.15) is 12.7 Å². The third-order valence-electron chi connectivity index (χ3n) is 4.74. The first-order valence-corrected chi connectivity index (χ1v) is 8.52. The fourth-order valence-corrected chi connectivity index (χ4v) is 3.21. The van der Waals surface area contributed by atoms with Crippen molar-refractivity contribution in [2.24, 2.45) is 0 Å². The zero-order valence-electron chi connectivity index (χ0n) is 15.5. The molecular weight excluding hydrogens is 330 g/mol. The number of ether oxygens (including phenoxy) is 2. The van der Waals surface area contributed by atoms with Crippen molar-refractivity contribution in [1.29, 1.82) is 5.26 Å². The number of esters is 2. The highest BCUT2D eigenvalue weighted by Crippen LogP contribution is 2.34. The largest absolute Gasteiger partial charge is 0.469 e. The van der Waals surface area contributed by atoms with E-state index in [-0.39, 0.29) is 12.6 Å². The molecule has 0 saturated carbocycles. The highest BCUT2D eigenvalue weighted by molar-refractivity contribution is 5.97. The van der Waals surface area contributed by atoms with Crippen molar-refractivity contribution in [1.82, 2.24) is 0 Å². The quantitative estimate of drug-likeness (QED) is 0.552. The van der Waals surface area contributed by atoms with Gasteiger partial charge in [0.15, 0.2) is 0 Å². The van der Waals surface area contributed by atoms with Gasteiger partial charge in [-0.3, -0.25) is 4.79 Å². The maximum absolute atomic E-state index is 12.1. The summed E-state index contributed by atoms with van der Waals surface area (Å²) in [6.45, 7) is 7.92. The van der Waals surface area contributed by atoms with E-state index in [2.05, 4.69) is 17.4 Å². The van der Waals surface area contributed by atoms with E-state index in [9.17, 15) is 14.9 Å². The van der Waals surface area contributed by atoms with E-state index in [1.807, 2.05) is 19.9 Å². The number of nitrogens with zero attached hydrogens (tertiary/aromatic N) is 1. The molecule has 136 valence electrons. The third kappa shape index (κ3) is 3.85. The molecule has 1 heterocycles. The van der Waals surface area contributed by atoms with E-state index in [0.29, 0.717) is 36.8 Å². The van der Waals surface area contributed by atoms with Gasteiger partial charge >= 0.3 is 11.9 Å². The number of benzene rings is 1.